The number of nitro benzene ring substituents is 1. The Labute approximate surface area is 195 Å². The van der Waals surface area contributed by atoms with Crippen LogP contribution in [0.2, 0.25) is 0 Å². The van der Waals surface area contributed by atoms with Crippen LogP contribution in [-0.4, -0.2) is 39.1 Å². The fourth-order valence-electron chi connectivity index (χ4n) is 3.32. The molecule has 0 aliphatic carbocycles. The molecule has 1 aromatic heterocycles. The van der Waals surface area contributed by atoms with Crippen molar-refractivity contribution in [3.8, 4) is 22.8 Å². The molecule has 2 heterocycles. The molecule has 0 spiro atoms. The molecule has 1 aliphatic heterocycles. The summed E-state index contributed by atoms with van der Waals surface area (Å²) in [6, 6.07) is 8.69. The van der Waals surface area contributed by atoms with Gasteiger partial charge in [0.1, 0.15) is 11.5 Å². The maximum absolute atomic E-state index is 13.0. The predicted molar refractivity (Wildman–Crippen MR) is 117 cm³/mol. The van der Waals surface area contributed by atoms with Gasteiger partial charge in [-0.3, -0.25) is 29.7 Å². The van der Waals surface area contributed by atoms with E-state index < -0.39 is 29.3 Å². The lowest BCUT2D eigenvalue weighted by molar-refractivity contribution is -0.384. The van der Waals surface area contributed by atoms with Crippen molar-refractivity contribution < 1.29 is 32.8 Å². The van der Waals surface area contributed by atoms with Crippen molar-refractivity contribution in [3.05, 3.63) is 71.2 Å². The van der Waals surface area contributed by atoms with Crippen molar-refractivity contribution in [3.63, 3.8) is 0 Å². The minimum absolute atomic E-state index is 0.0121. The minimum atomic E-state index is -3.09. The lowest BCUT2D eigenvalue weighted by Crippen LogP contribution is -2.35. The maximum atomic E-state index is 13.0. The molecule has 1 aliphatic rings. The number of non-ortho nitro benzene ring substituents is 1. The monoisotopic (exact) mass is 483 g/mol. The van der Waals surface area contributed by atoms with Crippen molar-refractivity contribution in [2.24, 2.45) is 11.0 Å². The van der Waals surface area contributed by atoms with Gasteiger partial charge in [-0.2, -0.15) is 18.9 Å². The van der Waals surface area contributed by atoms with Crippen LogP contribution in [0.15, 0.2) is 66.2 Å². The number of carbonyl (C=O) groups is 2. The molecular weight excluding hydrogens is 468 g/mol. The Kier molecular flexibility index (Phi) is 6.40. The van der Waals surface area contributed by atoms with Crippen molar-refractivity contribution in [2.45, 2.75) is 13.5 Å². The van der Waals surface area contributed by atoms with Gasteiger partial charge in [-0.15, -0.1) is 0 Å². The Bertz CT molecular complexity index is 1320. The highest BCUT2D eigenvalue weighted by Crippen LogP contribution is 2.35. The van der Waals surface area contributed by atoms with E-state index in [4.69, 9.17) is 4.74 Å². The van der Waals surface area contributed by atoms with E-state index in [1.54, 1.807) is 0 Å². The molecule has 178 valence electrons. The molecule has 1 unspecified atom stereocenters. The van der Waals surface area contributed by atoms with Crippen LogP contribution in [0.4, 0.5) is 20.2 Å². The Hall–Kier alpha value is -4.81. The molecule has 3 aromatic rings. The number of aromatic nitrogens is 2. The van der Waals surface area contributed by atoms with Crippen LogP contribution < -0.4 is 14.5 Å². The molecule has 4 rings (SSSR count). The number of anilines is 1. The topological polar surface area (TPSA) is 137 Å². The minimum Gasteiger partial charge on any atom is -0.434 e. The summed E-state index contributed by atoms with van der Waals surface area (Å²) in [4.78, 5) is 43.9. The Morgan fingerprint density at radius 1 is 1.17 bits per heavy atom. The molecule has 0 N–H and O–H groups in total. The van der Waals surface area contributed by atoms with Crippen LogP contribution >= 0.6 is 0 Å². The van der Waals surface area contributed by atoms with E-state index in [1.807, 2.05) is 0 Å². The third kappa shape index (κ3) is 4.93. The van der Waals surface area contributed by atoms with Gasteiger partial charge in [0.05, 0.1) is 28.2 Å². The highest BCUT2D eigenvalue weighted by Gasteiger charge is 2.41. The van der Waals surface area contributed by atoms with Crippen LogP contribution in [0.5, 0.6) is 11.5 Å². The van der Waals surface area contributed by atoms with Gasteiger partial charge in [0, 0.05) is 30.1 Å². The summed E-state index contributed by atoms with van der Waals surface area (Å²) in [6.07, 6.45) is 4.10. The molecule has 0 saturated carbocycles. The van der Waals surface area contributed by atoms with Crippen LogP contribution in [0.1, 0.15) is 6.92 Å². The van der Waals surface area contributed by atoms with Gasteiger partial charge in [-0.25, -0.2) is 0 Å². The van der Waals surface area contributed by atoms with Crippen molar-refractivity contribution in [1.82, 2.24) is 9.97 Å². The molecule has 11 nitrogen and oxygen atoms in total. The molecule has 35 heavy (non-hydrogen) atoms. The van der Waals surface area contributed by atoms with E-state index in [-0.39, 0.29) is 39.8 Å². The first kappa shape index (κ1) is 23.4. The first-order valence-electron chi connectivity index (χ1n) is 9.95. The third-order valence-electron chi connectivity index (χ3n) is 4.90. The number of benzene rings is 2. The van der Waals surface area contributed by atoms with Gasteiger partial charge < -0.3 is 9.47 Å². The number of carbonyl (C=O) groups excluding carboxylic acids is 2. The Morgan fingerprint density at radius 2 is 1.91 bits per heavy atom. The average molecular weight is 483 g/mol. The number of nitrogens with zero attached hydrogens (tertiary/aromatic N) is 5. The standard InChI is InChI=1S/C22H15F2N5O6/c1-12-19(21(31)34-15-5-2-13(3-6-15)29(32)33)20(30)28(27-12)14-4-7-18(35-22(23)24)16(10-14)17-11-25-8-9-26-17/h2-11,19,22H,1H3. The third-order valence-corrected chi connectivity index (χ3v) is 4.90. The number of hydrazone groups is 1. The number of hydrogen-bond donors (Lipinski definition) is 0. The lowest BCUT2D eigenvalue weighted by atomic mass is 10.0. The maximum Gasteiger partial charge on any atom is 0.387 e. The number of ether oxygens (including phenoxy) is 2. The van der Waals surface area contributed by atoms with Gasteiger partial charge in [-0.1, -0.05) is 0 Å². The van der Waals surface area contributed by atoms with Gasteiger partial charge in [0.25, 0.3) is 11.6 Å². The van der Waals surface area contributed by atoms with Crippen LogP contribution in [0.3, 0.4) is 0 Å². The number of esters is 1. The molecule has 1 atom stereocenters. The zero-order chi connectivity index (χ0) is 25.1. The van der Waals surface area contributed by atoms with Gasteiger partial charge >= 0.3 is 12.6 Å². The van der Waals surface area contributed by atoms with Crippen molar-refractivity contribution in [1.29, 1.82) is 0 Å². The molecule has 0 bridgehead atoms. The summed E-state index contributed by atoms with van der Waals surface area (Å²) in [5, 5.41) is 15.8. The van der Waals surface area contributed by atoms with Gasteiger partial charge in [-0.05, 0) is 37.3 Å². The molecule has 0 saturated heterocycles. The van der Waals surface area contributed by atoms with Gasteiger partial charge in [0.2, 0.25) is 0 Å². The summed E-state index contributed by atoms with van der Waals surface area (Å²) < 4.78 is 35.5. The fourth-order valence-corrected chi connectivity index (χ4v) is 3.32. The summed E-state index contributed by atoms with van der Waals surface area (Å²) in [5.74, 6) is -3.22. The van der Waals surface area contributed by atoms with E-state index in [2.05, 4.69) is 19.8 Å². The average Bonchev–Trinajstić information content (AvgIpc) is 3.13. The summed E-state index contributed by atoms with van der Waals surface area (Å²) in [6.45, 7) is -1.64. The SMILES string of the molecule is CC1=NN(c2ccc(OC(F)F)c(-c3cnccn3)c2)C(=O)C1C(=O)Oc1ccc([N+](=O)[O-])cc1. The van der Waals surface area contributed by atoms with Crippen LogP contribution in [0.25, 0.3) is 11.3 Å². The molecule has 0 radical (unpaired) electrons. The normalized spacial score (nSPS) is 15.2. The van der Waals surface area contributed by atoms with Crippen LogP contribution in [0, 0.1) is 16.0 Å². The second kappa shape index (κ2) is 9.59. The second-order valence-electron chi connectivity index (χ2n) is 7.15. The zero-order valence-corrected chi connectivity index (χ0v) is 17.9. The number of halogens is 2. The number of hydrogen-bond acceptors (Lipinski definition) is 9. The number of rotatable bonds is 7. The highest BCUT2D eigenvalue weighted by atomic mass is 19.3. The van der Waals surface area contributed by atoms with E-state index in [1.165, 1.54) is 55.8 Å². The number of alkyl halides is 2. The predicted octanol–water partition coefficient (Wildman–Crippen LogP) is 3.60. The smallest absolute Gasteiger partial charge is 0.387 e. The Balaban J connectivity index is 1.59. The van der Waals surface area contributed by atoms with Crippen molar-refractivity contribution in [2.75, 3.05) is 5.01 Å². The molecule has 0 fully saturated rings. The number of amides is 1. The molecule has 13 heteroatoms. The van der Waals surface area contributed by atoms with E-state index >= 15 is 0 Å². The van der Waals surface area contributed by atoms with Gasteiger partial charge in [0.15, 0.2) is 5.92 Å². The summed E-state index contributed by atoms with van der Waals surface area (Å²) >= 11 is 0. The first-order chi connectivity index (χ1) is 16.7. The van der Waals surface area contributed by atoms with Crippen molar-refractivity contribution >= 4 is 29.0 Å². The fraction of sp³-hybridized carbons (Fsp3) is 0.136. The Morgan fingerprint density at radius 3 is 2.54 bits per heavy atom. The molecule has 2 aromatic carbocycles. The lowest BCUT2D eigenvalue weighted by Gasteiger charge is -2.17. The first-order valence-corrected chi connectivity index (χ1v) is 9.95. The second-order valence-corrected chi connectivity index (χ2v) is 7.15. The van der Waals surface area contributed by atoms with E-state index in [0.717, 1.165) is 17.1 Å². The highest BCUT2D eigenvalue weighted by molar-refractivity contribution is 6.25. The number of nitro groups is 1. The summed E-state index contributed by atoms with van der Waals surface area (Å²) in [5.41, 5.74) is 0.460. The van der Waals surface area contributed by atoms with E-state index in [0.29, 0.717) is 0 Å². The van der Waals surface area contributed by atoms with E-state index in [9.17, 15) is 28.5 Å². The molecule has 1 amide bonds. The quantitative estimate of drug-likeness (QED) is 0.163. The largest absolute Gasteiger partial charge is 0.434 e. The molecular formula is C22H15F2N5O6. The van der Waals surface area contributed by atoms with Crippen LogP contribution in [-0.2, 0) is 9.59 Å². The zero-order valence-electron chi connectivity index (χ0n) is 17.9. The summed E-state index contributed by atoms with van der Waals surface area (Å²) in [7, 11) is 0.